The maximum Gasteiger partial charge on any atom is 0.293 e. The van der Waals surface area contributed by atoms with E-state index in [1.807, 2.05) is 4.90 Å². The van der Waals surface area contributed by atoms with E-state index < -0.39 is 10.8 Å². The van der Waals surface area contributed by atoms with E-state index in [-0.39, 0.29) is 30.2 Å². The molecule has 27 heavy (non-hydrogen) atoms. The molecule has 0 atom stereocenters. The van der Waals surface area contributed by atoms with Crippen LogP contribution in [0.1, 0.15) is 23.2 Å². The fraction of sp³-hybridized carbons (Fsp3) is 0.316. The van der Waals surface area contributed by atoms with Gasteiger partial charge in [0.2, 0.25) is 0 Å². The van der Waals surface area contributed by atoms with Gasteiger partial charge in [-0.15, -0.1) is 0 Å². The highest BCUT2D eigenvalue weighted by atomic mass is 19.1. The van der Waals surface area contributed by atoms with E-state index in [0.717, 1.165) is 25.9 Å². The zero-order valence-electron chi connectivity index (χ0n) is 14.7. The smallest absolute Gasteiger partial charge is 0.293 e. The van der Waals surface area contributed by atoms with Crippen LogP contribution in [0.15, 0.2) is 42.5 Å². The van der Waals surface area contributed by atoms with Crippen LogP contribution in [0.4, 0.5) is 15.8 Å². The minimum absolute atomic E-state index is 0.0629. The number of hydrogen-bond acceptors (Lipinski definition) is 5. The molecular formula is C19H20FN3O4. The van der Waals surface area contributed by atoms with Crippen LogP contribution in [0.25, 0.3) is 0 Å². The van der Waals surface area contributed by atoms with Crippen LogP contribution in [-0.2, 0) is 0 Å². The second-order valence-corrected chi connectivity index (χ2v) is 6.21. The van der Waals surface area contributed by atoms with E-state index in [1.165, 1.54) is 30.3 Å². The zero-order chi connectivity index (χ0) is 19.2. The lowest BCUT2D eigenvalue weighted by Crippen LogP contribution is -2.28. The maximum atomic E-state index is 12.8. The number of hydrogen-bond donors (Lipinski definition) is 1. The Morgan fingerprint density at radius 2 is 1.89 bits per heavy atom. The Morgan fingerprint density at radius 3 is 2.56 bits per heavy atom. The van der Waals surface area contributed by atoms with Crippen molar-refractivity contribution in [1.29, 1.82) is 0 Å². The van der Waals surface area contributed by atoms with Gasteiger partial charge in [0.15, 0.2) is 0 Å². The molecule has 0 bridgehead atoms. The van der Waals surface area contributed by atoms with Gasteiger partial charge in [-0.1, -0.05) is 0 Å². The molecule has 1 aliphatic heterocycles. The minimum atomic E-state index is -0.456. The van der Waals surface area contributed by atoms with Gasteiger partial charge in [0, 0.05) is 24.7 Å². The van der Waals surface area contributed by atoms with Crippen LogP contribution in [0.5, 0.6) is 5.75 Å². The molecule has 8 heteroatoms. The molecule has 0 spiro atoms. The summed E-state index contributed by atoms with van der Waals surface area (Å²) in [6.45, 7) is 1.99. The first-order chi connectivity index (χ1) is 13.0. The number of benzene rings is 2. The molecule has 1 saturated heterocycles. The molecule has 0 aliphatic carbocycles. The number of rotatable bonds is 7. The molecule has 142 valence electrons. The average molecular weight is 373 g/mol. The number of nitrogens with zero attached hydrogens (tertiary/aromatic N) is 2. The first-order valence-corrected chi connectivity index (χ1v) is 8.74. The summed E-state index contributed by atoms with van der Waals surface area (Å²) < 4.78 is 18.2. The Labute approximate surface area is 155 Å². The molecule has 3 rings (SSSR count). The molecule has 7 nitrogen and oxygen atoms in total. The van der Waals surface area contributed by atoms with Crippen molar-refractivity contribution in [2.45, 2.75) is 12.8 Å². The molecule has 0 saturated carbocycles. The molecule has 1 heterocycles. The van der Waals surface area contributed by atoms with Gasteiger partial charge >= 0.3 is 0 Å². The highest BCUT2D eigenvalue weighted by Crippen LogP contribution is 2.31. The Kier molecular flexibility index (Phi) is 5.85. The van der Waals surface area contributed by atoms with Crippen molar-refractivity contribution in [2.24, 2.45) is 0 Å². The normalized spacial score (nSPS) is 13.4. The summed E-state index contributed by atoms with van der Waals surface area (Å²) in [4.78, 5) is 25.2. The standard InChI is InChI=1S/C19H20FN3O4/c20-15-4-6-16(7-5-15)27-12-9-21-19(24)14-3-8-17(18(13-14)23(25)26)22-10-1-2-11-22/h3-8,13H,1-2,9-12H2,(H,21,24). The fourth-order valence-corrected chi connectivity index (χ4v) is 3.00. The van der Waals surface area contributed by atoms with Crippen molar-refractivity contribution in [1.82, 2.24) is 5.32 Å². The summed E-state index contributed by atoms with van der Waals surface area (Å²) in [7, 11) is 0. The number of carbonyl (C=O) groups is 1. The van der Waals surface area contributed by atoms with Crippen LogP contribution in [0, 0.1) is 15.9 Å². The van der Waals surface area contributed by atoms with Crippen molar-refractivity contribution in [2.75, 3.05) is 31.1 Å². The fourth-order valence-electron chi connectivity index (χ4n) is 3.00. The number of carbonyl (C=O) groups excluding carboxylic acids is 1. The summed E-state index contributed by atoms with van der Waals surface area (Å²) in [5.41, 5.74) is 0.715. The molecule has 0 unspecified atom stereocenters. The van der Waals surface area contributed by atoms with Gasteiger partial charge in [-0.3, -0.25) is 14.9 Å². The van der Waals surface area contributed by atoms with Gasteiger partial charge < -0.3 is 15.0 Å². The lowest BCUT2D eigenvalue weighted by molar-refractivity contribution is -0.384. The number of nitro benzene ring substituents is 1. The number of nitro groups is 1. The number of halogens is 1. The number of anilines is 1. The van der Waals surface area contributed by atoms with Crippen molar-refractivity contribution in [3.8, 4) is 5.75 Å². The lowest BCUT2D eigenvalue weighted by atomic mass is 10.1. The van der Waals surface area contributed by atoms with E-state index in [1.54, 1.807) is 12.1 Å². The van der Waals surface area contributed by atoms with Crippen molar-refractivity contribution < 1.29 is 18.8 Å². The molecule has 1 N–H and O–H groups in total. The van der Waals surface area contributed by atoms with Crippen LogP contribution in [0.2, 0.25) is 0 Å². The van der Waals surface area contributed by atoms with Crippen molar-refractivity contribution >= 4 is 17.3 Å². The SMILES string of the molecule is O=C(NCCOc1ccc(F)cc1)c1ccc(N2CCCC2)c([N+](=O)[O-])c1. The molecular weight excluding hydrogens is 353 g/mol. The van der Waals surface area contributed by atoms with Crippen LogP contribution >= 0.6 is 0 Å². The summed E-state index contributed by atoms with van der Waals surface area (Å²) in [5.74, 6) is -0.264. The van der Waals surface area contributed by atoms with Crippen LogP contribution < -0.4 is 15.0 Å². The predicted octanol–water partition coefficient (Wildman–Crippen LogP) is 3.14. The zero-order valence-corrected chi connectivity index (χ0v) is 14.7. The Balaban J connectivity index is 1.58. The molecule has 0 aromatic heterocycles. The molecule has 1 amide bonds. The summed E-state index contributed by atoms with van der Waals surface area (Å²) in [6.07, 6.45) is 2.01. The number of amides is 1. The van der Waals surface area contributed by atoms with Gasteiger partial charge in [0.25, 0.3) is 11.6 Å². The van der Waals surface area contributed by atoms with E-state index >= 15 is 0 Å². The molecule has 2 aromatic rings. The predicted molar refractivity (Wildman–Crippen MR) is 98.8 cm³/mol. The third-order valence-corrected chi connectivity index (χ3v) is 4.35. The first-order valence-electron chi connectivity index (χ1n) is 8.74. The third kappa shape index (κ3) is 4.72. The van der Waals surface area contributed by atoms with Gasteiger partial charge in [0.1, 0.15) is 23.9 Å². The molecule has 2 aromatic carbocycles. The maximum absolute atomic E-state index is 12.8. The Hall–Kier alpha value is -3.16. The minimum Gasteiger partial charge on any atom is -0.492 e. The second kappa shape index (κ2) is 8.48. The highest BCUT2D eigenvalue weighted by Gasteiger charge is 2.23. The summed E-state index contributed by atoms with van der Waals surface area (Å²) >= 11 is 0. The average Bonchev–Trinajstić information content (AvgIpc) is 3.20. The van der Waals surface area contributed by atoms with Gasteiger partial charge in [-0.25, -0.2) is 4.39 Å². The Bertz CT molecular complexity index is 820. The second-order valence-electron chi connectivity index (χ2n) is 6.21. The van der Waals surface area contributed by atoms with E-state index in [4.69, 9.17) is 4.74 Å². The van der Waals surface area contributed by atoms with Crippen molar-refractivity contribution in [3.63, 3.8) is 0 Å². The third-order valence-electron chi connectivity index (χ3n) is 4.35. The summed E-state index contributed by atoms with van der Waals surface area (Å²) in [6, 6.07) is 10.1. The molecule has 0 radical (unpaired) electrons. The van der Waals surface area contributed by atoms with Crippen molar-refractivity contribution in [3.05, 3.63) is 64.0 Å². The van der Waals surface area contributed by atoms with E-state index in [9.17, 15) is 19.3 Å². The van der Waals surface area contributed by atoms with E-state index in [0.29, 0.717) is 11.4 Å². The monoisotopic (exact) mass is 373 g/mol. The van der Waals surface area contributed by atoms with Crippen LogP contribution in [-0.4, -0.2) is 37.1 Å². The Morgan fingerprint density at radius 1 is 1.19 bits per heavy atom. The quantitative estimate of drug-likeness (QED) is 0.458. The molecule has 1 fully saturated rings. The summed E-state index contributed by atoms with van der Waals surface area (Å²) in [5, 5.41) is 14.1. The molecule has 1 aliphatic rings. The topological polar surface area (TPSA) is 84.7 Å². The number of ether oxygens (including phenoxy) is 1. The van der Waals surface area contributed by atoms with Gasteiger partial charge in [-0.05, 0) is 49.2 Å². The number of nitrogens with one attached hydrogen (secondary N) is 1. The van der Waals surface area contributed by atoms with E-state index in [2.05, 4.69) is 5.32 Å². The van der Waals surface area contributed by atoms with Gasteiger partial charge in [-0.2, -0.15) is 0 Å². The lowest BCUT2D eigenvalue weighted by Gasteiger charge is -2.17. The van der Waals surface area contributed by atoms with Gasteiger partial charge in [0.05, 0.1) is 11.5 Å². The largest absolute Gasteiger partial charge is 0.492 e. The van der Waals surface area contributed by atoms with Crippen LogP contribution in [0.3, 0.4) is 0 Å². The highest BCUT2D eigenvalue weighted by molar-refractivity contribution is 5.95. The first kappa shape index (κ1) is 18.6.